The van der Waals surface area contributed by atoms with E-state index in [0.29, 0.717) is 5.92 Å². The average Bonchev–Trinajstić information content (AvgIpc) is 2.95. The Hall–Kier alpha value is -1.75. The van der Waals surface area contributed by atoms with Crippen LogP contribution in [-0.4, -0.2) is 55.7 Å². The van der Waals surface area contributed by atoms with Crippen LogP contribution in [0.25, 0.3) is 0 Å². The second-order valence-corrected chi connectivity index (χ2v) is 7.27. The molecule has 5 nitrogen and oxygen atoms in total. The summed E-state index contributed by atoms with van der Waals surface area (Å²) < 4.78 is 5.66. The lowest BCUT2D eigenvalue weighted by Crippen LogP contribution is -2.40. The van der Waals surface area contributed by atoms with Crippen LogP contribution in [0.2, 0.25) is 0 Å². The molecule has 1 aliphatic rings. The van der Waals surface area contributed by atoms with Crippen LogP contribution in [0.1, 0.15) is 38.8 Å². The highest BCUT2D eigenvalue weighted by molar-refractivity contribution is 5.75. The third-order valence-corrected chi connectivity index (χ3v) is 4.29. The van der Waals surface area contributed by atoms with Crippen LogP contribution in [0.5, 0.6) is 5.75 Å². The summed E-state index contributed by atoms with van der Waals surface area (Å²) in [5.74, 6) is 1.44. The van der Waals surface area contributed by atoms with E-state index in [2.05, 4.69) is 24.3 Å². The van der Waals surface area contributed by atoms with Gasteiger partial charge in [-0.3, -0.25) is 0 Å². The highest BCUT2D eigenvalue weighted by Gasteiger charge is 2.27. The molecule has 24 heavy (non-hydrogen) atoms. The molecule has 1 saturated heterocycles. The Morgan fingerprint density at radius 1 is 1.29 bits per heavy atom. The minimum Gasteiger partial charge on any atom is -0.491 e. The zero-order valence-electron chi connectivity index (χ0n) is 15.6. The first kappa shape index (κ1) is 18.6. The van der Waals surface area contributed by atoms with Gasteiger partial charge in [-0.25, -0.2) is 4.79 Å². The number of carbonyl (C=O) groups is 1. The molecule has 1 N–H and O–H groups in total. The summed E-state index contributed by atoms with van der Waals surface area (Å²) in [6.45, 7) is 8.77. The summed E-state index contributed by atoms with van der Waals surface area (Å²) in [7, 11) is 4.16. The van der Waals surface area contributed by atoms with Gasteiger partial charge in [0.15, 0.2) is 0 Å². The van der Waals surface area contributed by atoms with E-state index in [1.54, 1.807) is 0 Å². The van der Waals surface area contributed by atoms with Crippen LogP contribution in [0.4, 0.5) is 4.79 Å². The number of nitrogens with zero attached hydrogens (tertiary/aromatic N) is 2. The molecule has 0 saturated carbocycles. The van der Waals surface area contributed by atoms with Crippen LogP contribution in [0, 0.1) is 5.92 Å². The van der Waals surface area contributed by atoms with Gasteiger partial charge in [0.1, 0.15) is 5.75 Å². The molecule has 2 rings (SSSR count). The van der Waals surface area contributed by atoms with Crippen molar-refractivity contribution in [2.24, 2.45) is 5.92 Å². The van der Waals surface area contributed by atoms with Crippen LogP contribution < -0.4 is 10.1 Å². The van der Waals surface area contributed by atoms with Gasteiger partial charge in [0, 0.05) is 19.6 Å². The monoisotopic (exact) mass is 333 g/mol. The molecule has 1 aliphatic heterocycles. The van der Waals surface area contributed by atoms with Crippen molar-refractivity contribution >= 4 is 6.03 Å². The molecule has 134 valence electrons. The molecule has 2 atom stereocenters. The molecule has 0 bridgehead atoms. The van der Waals surface area contributed by atoms with Crippen molar-refractivity contribution in [1.29, 1.82) is 0 Å². The number of nitrogens with one attached hydrogen (secondary N) is 1. The number of carbonyl (C=O) groups excluding carboxylic acids is 1. The summed E-state index contributed by atoms with van der Waals surface area (Å²) in [6, 6.07) is 7.97. The summed E-state index contributed by atoms with van der Waals surface area (Å²) in [5, 5.41) is 3.10. The summed E-state index contributed by atoms with van der Waals surface area (Å²) in [6.07, 6.45) is 1.25. The van der Waals surface area contributed by atoms with E-state index in [-0.39, 0.29) is 18.2 Å². The Morgan fingerprint density at radius 2 is 1.96 bits per heavy atom. The Labute approximate surface area is 146 Å². The number of ether oxygens (including phenoxy) is 1. The molecule has 2 amide bonds. The highest BCUT2D eigenvalue weighted by atomic mass is 16.5. The lowest BCUT2D eigenvalue weighted by molar-refractivity contribution is 0.202. The number of amides is 2. The molecule has 1 heterocycles. The van der Waals surface area contributed by atoms with Gasteiger partial charge in [-0.15, -0.1) is 0 Å². The van der Waals surface area contributed by atoms with E-state index in [1.807, 2.05) is 49.9 Å². The first-order valence-corrected chi connectivity index (χ1v) is 8.82. The van der Waals surface area contributed by atoms with Crippen molar-refractivity contribution in [3.05, 3.63) is 29.8 Å². The maximum Gasteiger partial charge on any atom is 0.317 e. The fourth-order valence-electron chi connectivity index (χ4n) is 3.15. The number of hydrogen-bond acceptors (Lipinski definition) is 3. The number of urea groups is 1. The van der Waals surface area contributed by atoms with Crippen LogP contribution in [-0.2, 0) is 0 Å². The summed E-state index contributed by atoms with van der Waals surface area (Å²) >= 11 is 0. The van der Waals surface area contributed by atoms with Gasteiger partial charge in [-0.2, -0.15) is 0 Å². The van der Waals surface area contributed by atoms with E-state index in [1.165, 1.54) is 0 Å². The van der Waals surface area contributed by atoms with Crippen LogP contribution in [0.15, 0.2) is 24.3 Å². The van der Waals surface area contributed by atoms with Gasteiger partial charge in [0.05, 0.1) is 12.1 Å². The molecular formula is C19H31N3O2. The maximum absolute atomic E-state index is 12.4. The van der Waals surface area contributed by atoms with Crippen molar-refractivity contribution in [3.8, 4) is 5.75 Å². The minimum atomic E-state index is -0.0153. The quantitative estimate of drug-likeness (QED) is 0.870. The number of likely N-dealkylation sites (tertiary alicyclic amines) is 1. The molecule has 1 aromatic carbocycles. The molecule has 0 aliphatic carbocycles. The number of rotatable bonds is 6. The Bertz CT molecular complexity index is 528. The predicted octanol–water partition coefficient (Wildman–Crippen LogP) is 3.13. The largest absolute Gasteiger partial charge is 0.491 e. The fourth-order valence-corrected chi connectivity index (χ4v) is 3.15. The lowest BCUT2D eigenvalue weighted by Gasteiger charge is -2.22. The van der Waals surface area contributed by atoms with Crippen molar-refractivity contribution in [2.75, 3.05) is 33.7 Å². The maximum atomic E-state index is 12.4. The van der Waals surface area contributed by atoms with Crippen LogP contribution >= 0.6 is 0 Å². The molecule has 1 aromatic rings. The zero-order chi connectivity index (χ0) is 17.7. The van der Waals surface area contributed by atoms with E-state index in [4.69, 9.17) is 4.74 Å². The Balaban J connectivity index is 1.85. The smallest absolute Gasteiger partial charge is 0.317 e. The van der Waals surface area contributed by atoms with E-state index in [9.17, 15) is 4.79 Å². The predicted molar refractivity (Wildman–Crippen MR) is 97.4 cm³/mol. The van der Waals surface area contributed by atoms with E-state index >= 15 is 0 Å². The van der Waals surface area contributed by atoms with E-state index in [0.717, 1.165) is 37.4 Å². The molecular weight excluding hydrogens is 302 g/mol. The summed E-state index contributed by atoms with van der Waals surface area (Å²) in [5.41, 5.74) is 1.09. The first-order chi connectivity index (χ1) is 11.3. The van der Waals surface area contributed by atoms with Crippen molar-refractivity contribution in [3.63, 3.8) is 0 Å². The van der Waals surface area contributed by atoms with Gasteiger partial charge in [0.2, 0.25) is 0 Å². The van der Waals surface area contributed by atoms with Crippen molar-refractivity contribution in [2.45, 2.75) is 39.3 Å². The van der Waals surface area contributed by atoms with Crippen molar-refractivity contribution < 1.29 is 9.53 Å². The van der Waals surface area contributed by atoms with Gasteiger partial charge in [0.25, 0.3) is 0 Å². The minimum absolute atomic E-state index is 0.0153. The number of hydrogen-bond donors (Lipinski definition) is 1. The van der Waals surface area contributed by atoms with Crippen molar-refractivity contribution in [1.82, 2.24) is 15.1 Å². The standard InChI is InChI=1S/C19H31N3O2/c1-14(2)24-18-8-6-17(7-9-18)15(3)20-19(23)22-11-10-16(13-22)12-21(4)5/h6-9,14-16H,10-13H2,1-5H3,(H,20,23)/t15-,16+/m0/s1. The SMILES string of the molecule is CC(C)Oc1ccc([C@H](C)NC(=O)N2CC[C@H](CN(C)C)C2)cc1. The second-order valence-electron chi connectivity index (χ2n) is 7.27. The Kier molecular flexibility index (Phi) is 6.49. The molecule has 0 unspecified atom stereocenters. The zero-order valence-corrected chi connectivity index (χ0v) is 15.6. The fraction of sp³-hybridized carbons (Fsp3) is 0.632. The first-order valence-electron chi connectivity index (χ1n) is 8.82. The molecule has 0 spiro atoms. The van der Waals surface area contributed by atoms with Gasteiger partial charge < -0.3 is 19.9 Å². The molecule has 0 radical (unpaired) electrons. The van der Waals surface area contributed by atoms with E-state index < -0.39 is 0 Å². The Morgan fingerprint density at radius 3 is 2.54 bits per heavy atom. The normalized spacial score (nSPS) is 19.0. The van der Waals surface area contributed by atoms with Gasteiger partial charge in [-0.05, 0) is 64.9 Å². The molecule has 0 aromatic heterocycles. The molecule has 5 heteroatoms. The lowest BCUT2D eigenvalue weighted by atomic mass is 10.1. The van der Waals surface area contributed by atoms with Gasteiger partial charge in [-0.1, -0.05) is 12.1 Å². The second kappa shape index (κ2) is 8.38. The van der Waals surface area contributed by atoms with Crippen LogP contribution in [0.3, 0.4) is 0 Å². The highest BCUT2D eigenvalue weighted by Crippen LogP contribution is 2.20. The third kappa shape index (κ3) is 5.41. The topological polar surface area (TPSA) is 44.8 Å². The van der Waals surface area contributed by atoms with Gasteiger partial charge >= 0.3 is 6.03 Å². The average molecular weight is 333 g/mol. The summed E-state index contributed by atoms with van der Waals surface area (Å²) in [4.78, 5) is 16.6. The number of benzene rings is 1. The molecule has 1 fully saturated rings. The third-order valence-electron chi connectivity index (χ3n) is 4.29.